The number of hydrogen-bond acceptors (Lipinski definition) is 7. The van der Waals surface area contributed by atoms with Crippen molar-refractivity contribution in [1.29, 1.82) is 0 Å². The maximum atomic E-state index is 12.4. The fourth-order valence-electron chi connectivity index (χ4n) is 3.22. The summed E-state index contributed by atoms with van der Waals surface area (Å²) in [4.78, 5) is 16.7. The Morgan fingerprint density at radius 2 is 1.71 bits per heavy atom. The summed E-state index contributed by atoms with van der Waals surface area (Å²) in [6, 6.07) is 15.2. The maximum absolute atomic E-state index is 12.4. The number of amides is 2. The highest BCUT2D eigenvalue weighted by atomic mass is 16.5. The van der Waals surface area contributed by atoms with Gasteiger partial charge in [0.2, 0.25) is 5.88 Å². The van der Waals surface area contributed by atoms with Crippen LogP contribution in [0.5, 0.6) is 23.1 Å². The SMILES string of the molecule is COc1cccc(NC(=O)Nc2ccc(Oc3ccc(-n4cnc(C)c4C)nn3)cc2)c1OC. The molecule has 2 amide bonds. The fraction of sp³-hybridized carbons (Fsp3) is 0.167. The number of methoxy groups -OCH3 is 2. The molecule has 174 valence electrons. The number of urea groups is 1. The summed E-state index contributed by atoms with van der Waals surface area (Å²) in [6.45, 7) is 3.91. The number of nitrogens with one attached hydrogen (secondary N) is 2. The average molecular weight is 460 g/mol. The zero-order valence-corrected chi connectivity index (χ0v) is 19.2. The number of carbonyl (C=O) groups is 1. The topological polar surface area (TPSA) is 112 Å². The molecule has 10 heteroatoms. The van der Waals surface area contributed by atoms with Crippen molar-refractivity contribution in [2.24, 2.45) is 0 Å². The monoisotopic (exact) mass is 460 g/mol. The van der Waals surface area contributed by atoms with Crippen LogP contribution in [0.25, 0.3) is 5.82 Å². The molecule has 34 heavy (non-hydrogen) atoms. The minimum atomic E-state index is -0.424. The Labute approximate surface area is 196 Å². The molecular formula is C24H24N6O4. The van der Waals surface area contributed by atoms with Crippen molar-refractivity contribution in [2.75, 3.05) is 24.9 Å². The summed E-state index contributed by atoms with van der Waals surface area (Å²) in [5, 5.41) is 13.8. The van der Waals surface area contributed by atoms with Crippen LogP contribution in [0.4, 0.5) is 16.2 Å². The molecule has 0 radical (unpaired) electrons. The summed E-state index contributed by atoms with van der Waals surface area (Å²) < 4.78 is 18.2. The van der Waals surface area contributed by atoms with Crippen LogP contribution in [-0.2, 0) is 0 Å². The average Bonchev–Trinajstić information content (AvgIpc) is 3.18. The molecule has 0 fully saturated rings. The first kappa shape index (κ1) is 22.6. The lowest BCUT2D eigenvalue weighted by atomic mass is 10.2. The first-order valence-electron chi connectivity index (χ1n) is 10.4. The van der Waals surface area contributed by atoms with Crippen LogP contribution in [0.1, 0.15) is 11.4 Å². The summed E-state index contributed by atoms with van der Waals surface area (Å²) in [5.41, 5.74) is 3.01. The lowest BCUT2D eigenvalue weighted by molar-refractivity contribution is 0.262. The van der Waals surface area contributed by atoms with E-state index < -0.39 is 6.03 Å². The second-order valence-corrected chi connectivity index (χ2v) is 7.26. The molecule has 2 heterocycles. The van der Waals surface area contributed by atoms with Gasteiger partial charge in [-0.25, -0.2) is 9.78 Å². The number of rotatable bonds is 7. The molecule has 0 saturated carbocycles. The minimum absolute atomic E-state index is 0.349. The van der Waals surface area contributed by atoms with E-state index in [4.69, 9.17) is 14.2 Å². The highest BCUT2D eigenvalue weighted by Crippen LogP contribution is 2.34. The molecule has 0 unspecified atom stereocenters. The van der Waals surface area contributed by atoms with Gasteiger partial charge in [-0.15, -0.1) is 10.2 Å². The molecule has 0 aliphatic rings. The molecule has 0 spiro atoms. The number of carbonyl (C=O) groups excluding carboxylic acids is 1. The number of aromatic nitrogens is 4. The maximum Gasteiger partial charge on any atom is 0.323 e. The number of hydrogen-bond donors (Lipinski definition) is 2. The molecular weight excluding hydrogens is 436 g/mol. The van der Waals surface area contributed by atoms with Crippen LogP contribution in [0, 0.1) is 13.8 Å². The Balaban J connectivity index is 1.37. The van der Waals surface area contributed by atoms with Gasteiger partial charge in [-0.2, -0.15) is 0 Å². The van der Waals surface area contributed by atoms with E-state index in [1.54, 1.807) is 54.9 Å². The van der Waals surface area contributed by atoms with Crippen molar-refractivity contribution < 1.29 is 19.0 Å². The molecule has 2 N–H and O–H groups in total. The highest BCUT2D eigenvalue weighted by Gasteiger charge is 2.12. The van der Waals surface area contributed by atoms with Crippen molar-refractivity contribution >= 4 is 17.4 Å². The van der Waals surface area contributed by atoms with Gasteiger partial charge in [0.15, 0.2) is 17.3 Å². The zero-order valence-electron chi connectivity index (χ0n) is 19.2. The van der Waals surface area contributed by atoms with Gasteiger partial charge < -0.3 is 24.8 Å². The Morgan fingerprint density at radius 3 is 2.32 bits per heavy atom. The van der Waals surface area contributed by atoms with Gasteiger partial charge in [-0.3, -0.25) is 4.57 Å². The lowest BCUT2D eigenvalue weighted by Gasteiger charge is -2.14. The first-order valence-corrected chi connectivity index (χ1v) is 10.4. The van der Waals surface area contributed by atoms with Gasteiger partial charge in [-0.05, 0) is 56.3 Å². The summed E-state index contributed by atoms with van der Waals surface area (Å²) in [5.74, 6) is 2.52. The van der Waals surface area contributed by atoms with Crippen LogP contribution in [-0.4, -0.2) is 40.0 Å². The minimum Gasteiger partial charge on any atom is -0.493 e. The number of anilines is 2. The van der Waals surface area contributed by atoms with Crippen molar-refractivity contribution in [2.45, 2.75) is 13.8 Å². The van der Waals surface area contributed by atoms with Gasteiger partial charge >= 0.3 is 6.03 Å². The van der Waals surface area contributed by atoms with Crippen molar-refractivity contribution in [3.8, 4) is 28.9 Å². The van der Waals surface area contributed by atoms with Crippen LogP contribution in [0.2, 0.25) is 0 Å². The Morgan fingerprint density at radius 1 is 0.912 bits per heavy atom. The molecule has 2 aromatic carbocycles. The number of nitrogens with zero attached hydrogens (tertiary/aromatic N) is 4. The van der Waals surface area contributed by atoms with E-state index in [0.29, 0.717) is 40.3 Å². The Kier molecular flexibility index (Phi) is 6.58. The molecule has 0 atom stereocenters. The molecule has 4 rings (SSSR count). The first-order chi connectivity index (χ1) is 16.5. The normalized spacial score (nSPS) is 10.5. The molecule has 2 aromatic heterocycles. The Hall–Kier alpha value is -4.60. The van der Waals surface area contributed by atoms with E-state index >= 15 is 0 Å². The number of benzene rings is 2. The number of imidazole rings is 1. The largest absolute Gasteiger partial charge is 0.493 e. The summed E-state index contributed by atoms with van der Waals surface area (Å²) in [7, 11) is 3.05. The van der Waals surface area contributed by atoms with Crippen LogP contribution < -0.4 is 24.8 Å². The molecule has 0 aliphatic heterocycles. The van der Waals surface area contributed by atoms with Crippen molar-refractivity contribution in [1.82, 2.24) is 19.7 Å². The van der Waals surface area contributed by atoms with E-state index in [-0.39, 0.29) is 0 Å². The second kappa shape index (κ2) is 9.90. The van der Waals surface area contributed by atoms with E-state index in [1.807, 2.05) is 24.5 Å². The lowest BCUT2D eigenvalue weighted by Crippen LogP contribution is -2.19. The number of aryl methyl sites for hydroxylation is 1. The standard InChI is InChI=1S/C24H24N6O4/c1-15-16(2)30(14-25-15)21-12-13-22(29-28-21)34-18-10-8-17(9-11-18)26-24(31)27-19-6-5-7-20(32-3)23(19)33-4/h5-14H,1-4H3,(H2,26,27,31). The Bertz CT molecular complexity index is 1290. The number of ether oxygens (including phenoxy) is 3. The van der Waals surface area contributed by atoms with Gasteiger partial charge in [0, 0.05) is 17.4 Å². The van der Waals surface area contributed by atoms with Gasteiger partial charge in [0.05, 0.1) is 25.6 Å². The second-order valence-electron chi connectivity index (χ2n) is 7.26. The van der Waals surface area contributed by atoms with E-state index in [1.165, 1.54) is 14.2 Å². The van der Waals surface area contributed by atoms with E-state index in [0.717, 1.165) is 11.4 Å². The highest BCUT2D eigenvalue weighted by molar-refractivity contribution is 6.01. The smallest absolute Gasteiger partial charge is 0.323 e. The molecule has 0 aliphatic carbocycles. The quantitative estimate of drug-likeness (QED) is 0.410. The number of para-hydroxylation sites is 1. The van der Waals surface area contributed by atoms with Crippen molar-refractivity contribution in [3.63, 3.8) is 0 Å². The summed E-state index contributed by atoms with van der Waals surface area (Å²) >= 11 is 0. The fourth-order valence-corrected chi connectivity index (χ4v) is 3.22. The third-order valence-electron chi connectivity index (χ3n) is 5.11. The van der Waals surface area contributed by atoms with E-state index in [2.05, 4.69) is 25.8 Å². The zero-order chi connectivity index (χ0) is 24.1. The molecule has 4 aromatic rings. The van der Waals surface area contributed by atoms with Crippen molar-refractivity contribution in [3.05, 3.63) is 72.3 Å². The van der Waals surface area contributed by atoms with Gasteiger partial charge in [0.25, 0.3) is 0 Å². The predicted molar refractivity (Wildman–Crippen MR) is 127 cm³/mol. The van der Waals surface area contributed by atoms with E-state index in [9.17, 15) is 4.79 Å². The molecule has 10 nitrogen and oxygen atoms in total. The summed E-state index contributed by atoms with van der Waals surface area (Å²) in [6.07, 6.45) is 1.71. The van der Waals surface area contributed by atoms with Crippen LogP contribution in [0.15, 0.2) is 60.9 Å². The predicted octanol–water partition coefficient (Wildman–Crippen LogP) is 4.73. The van der Waals surface area contributed by atoms with Gasteiger partial charge in [0.1, 0.15) is 12.1 Å². The van der Waals surface area contributed by atoms with Crippen LogP contribution >= 0.6 is 0 Å². The molecule has 0 saturated heterocycles. The third kappa shape index (κ3) is 4.90. The van der Waals surface area contributed by atoms with Crippen LogP contribution in [0.3, 0.4) is 0 Å². The van der Waals surface area contributed by atoms with Gasteiger partial charge in [-0.1, -0.05) is 6.07 Å². The molecule has 0 bridgehead atoms. The third-order valence-corrected chi connectivity index (χ3v) is 5.11.